The molecule has 0 unspecified atom stereocenters. The van der Waals surface area contributed by atoms with Crippen molar-refractivity contribution in [2.45, 2.75) is 59.1 Å². The monoisotopic (exact) mass is 175 g/mol. The maximum absolute atomic E-state index is 9.45. The molecule has 0 amide bonds. The van der Waals surface area contributed by atoms with Gasteiger partial charge >= 0.3 is 0 Å². The van der Waals surface area contributed by atoms with Crippen LogP contribution in [0.4, 0.5) is 0 Å². The van der Waals surface area contributed by atoms with Crippen LogP contribution >= 0.6 is 0 Å². The van der Waals surface area contributed by atoms with Gasteiger partial charge in [0, 0.05) is 6.04 Å². The summed E-state index contributed by atoms with van der Waals surface area (Å²) in [6.45, 7) is 8.17. The molecule has 2 atom stereocenters. The van der Waals surface area contributed by atoms with Gasteiger partial charge in [0.1, 0.15) is 0 Å². The average Bonchev–Trinajstić information content (AvgIpc) is 2.11. The largest absolute Gasteiger partial charge is 0.392 e. The van der Waals surface area contributed by atoms with Crippen LogP contribution in [-0.4, -0.2) is 24.3 Å². The standard InChI is InChI=1S/C8H19NO.C2H6/c1-4-6-8(10)7(5-2)9-3;1-2/h7-10H,4-6H2,1-3H3;1-2H3/t7-,8-;/m0./s1. The summed E-state index contributed by atoms with van der Waals surface area (Å²) < 4.78 is 0. The van der Waals surface area contributed by atoms with Crippen molar-refractivity contribution >= 4 is 0 Å². The van der Waals surface area contributed by atoms with Gasteiger partial charge in [-0.3, -0.25) is 0 Å². The Hall–Kier alpha value is -0.0800. The van der Waals surface area contributed by atoms with Crippen LogP contribution in [0, 0.1) is 0 Å². The van der Waals surface area contributed by atoms with Crippen molar-refractivity contribution in [3.63, 3.8) is 0 Å². The van der Waals surface area contributed by atoms with Crippen molar-refractivity contribution in [3.05, 3.63) is 0 Å². The highest BCUT2D eigenvalue weighted by molar-refractivity contribution is 4.71. The molecular weight excluding hydrogens is 150 g/mol. The third-order valence-electron chi connectivity index (χ3n) is 1.86. The zero-order valence-corrected chi connectivity index (χ0v) is 9.22. The maximum atomic E-state index is 9.45. The molecule has 0 aliphatic heterocycles. The first kappa shape index (κ1) is 14.4. The van der Waals surface area contributed by atoms with Gasteiger partial charge in [-0.15, -0.1) is 0 Å². The SMILES string of the molecule is CC.CCC[C@H](O)[C@H](CC)NC. The Labute approximate surface area is 77.4 Å². The number of nitrogens with one attached hydrogen (secondary N) is 1. The van der Waals surface area contributed by atoms with E-state index < -0.39 is 0 Å². The number of hydrogen-bond acceptors (Lipinski definition) is 2. The van der Waals surface area contributed by atoms with Gasteiger partial charge in [-0.25, -0.2) is 0 Å². The molecule has 0 aliphatic carbocycles. The zero-order chi connectivity index (χ0) is 9.98. The minimum absolute atomic E-state index is 0.167. The summed E-state index contributed by atoms with van der Waals surface area (Å²) in [5.41, 5.74) is 0. The molecule has 0 aromatic rings. The Bertz CT molecular complexity index is 72.2. The molecule has 0 bridgehead atoms. The Balaban J connectivity index is 0. The zero-order valence-electron chi connectivity index (χ0n) is 9.22. The highest BCUT2D eigenvalue weighted by Gasteiger charge is 2.12. The summed E-state index contributed by atoms with van der Waals surface area (Å²) >= 11 is 0. The van der Waals surface area contributed by atoms with Gasteiger partial charge in [0.05, 0.1) is 6.10 Å². The molecule has 0 fully saturated rings. The Morgan fingerprint density at radius 1 is 1.25 bits per heavy atom. The van der Waals surface area contributed by atoms with E-state index in [1.54, 1.807) is 0 Å². The van der Waals surface area contributed by atoms with E-state index in [4.69, 9.17) is 0 Å². The first-order chi connectivity index (χ1) is 5.76. The molecule has 0 radical (unpaired) electrons. The van der Waals surface area contributed by atoms with Crippen LogP contribution in [0.5, 0.6) is 0 Å². The highest BCUT2D eigenvalue weighted by atomic mass is 16.3. The van der Waals surface area contributed by atoms with Crippen LogP contribution in [0.3, 0.4) is 0 Å². The molecule has 0 spiro atoms. The summed E-state index contributed by atoms with van der Waals surface area (Å²) in [5, 5.41) is 12.5. The molecule has 12 heavy (non-hydrogen) atoms. The third-order valence-corrected chi connectivity index (χ3v) is 1.86. The van der Waals surface area contributed by atoms with Crippen molar-refractivity contribution in [1.29, 1.82) is 0 Å². The van der Waals surface area contributed by atoms with E-state index in [0.717, 1.165) is 19.3 Å². The van der Waals surface area contributed by atoms with E-state index in [2.05, 4.69) is 19.2 Å². The van der Waals surface area contributed by atoms with Crippen LogP contribution in [0.25, 0.3) is 0 Å². The smallest absolute Gasteiger partial charge is 0.0692 e. The molecule has 0 heterocycles. The molecule has 0 aromatic carbocycles. The maximum Gasteiger partial charge on any atom is 0.0692 e. The second-order valence-electron chi connectivity index (χ2n) is 2.66. The van der Waals surface area contributed by atoms with Crippen LogP contribution in [0.1, 0.15) is 47.0 Å². The van der Waals surface area contributed by atoms with Crippen molar-refractivity contribution in [2.75, 3.05) is 7.05 Å². The molecule has 0 saturated heterocycles. The minimum Gasteiger partial charge on any atom is -0.392 e. The quantitative estimate of drug-likeness (QED) is 0.671. The molecule has 0 saturated carbocycles. The number of hydrogen-bond donors (Lipinski definition) is 2. The van der Waals surface area contributed by atoms with Crippen molar-refractivity contribution in [3.8, 4) is 0 Å². The average molecular weight is 175 g/mol. The van der Waals surface area contributed by atoms with Gasteiger partial charge in [0.15, 0.2) is 0 Å². The molecule has 2 N–H and O–H groups in total. The van der Waals surface area contributed by atoms with Gasteiger partial charge in [-0.2, -0.15) is 0 Å². The van der Waals surface area contributed by atoms with Crippen LogP contribution in [0.2, 0.25) is 0 Å². The fourth-order valence-electron chi connectivity index (χ4n) is 1.17. The van der Waals surface area contributed by atoms with Crippen molar-refractivity contribution < 1.29 is 5.11 Å². The lowest BCUT2D eigenvalue weighted by atomic mass is 10.0. The van der Waals surface area contributed by atoms with E-state index in [-0.39, 0.29) is 12.1 Å². The molecule has 0 rings (SSSR count). The molecule has 76 valence electrons. The fraction of sp³-hybridized carbons (Fsp3) is 1.00. The predicted molar refractivity (Wildman–Crippen MR) is 55.4 cm³/mol. The molecule has 0 aromatic heterocycles. The van der Waals surface area contributed by atoms with Crippen LogP contribution in [0.15, 0.2) is 0 Å². The summed E-state index contributed by atoms with van der Waals surface area (Å²) in [6.07, 6.45) is 2.79. The highest BCUT2D eigenvalue weighted by Crippen LogP contribution is 2.04. The van der Waals surface area contributed by atoms with E-state index in [1.807, 2.05) is 20.9 Å². The van der Waals surface area contributed by atoms with Gasteiger partial charge < -0.3 is 10.4 Å². The number of aliphatic hydroxyl groups excluding tert-OH is 1. The molecule has 2 heteroatoms. The lowest BCUT2D eigenvalue weighted by molar-refractivity contribution is 0.119. The minimum atomic E-state index is -0.167. The first-order valence-electron chi connectivity index (χ1n) is 5.11. The first-order valence-corrected chi connectivity index (χ1v) is 5.11. The van der Waals surface area contributed by atoms with Gasteiger partial charge in [0.2, 0.25) is 0 Å². The van der Waals surface area contributed by atoms with E-state index in [0.29, 0.717) is 0 Å². The number of aliphatic hydroxyl groups is 1. The summed E-state index contributed by atoms with van der Waals surface area (Å²) in [5.74, 6) is 0. The Morgan fingerprint density at radius 3 is 2.00 bits per heavy atom. The normalized spacial score (nSPS) is 14.5. The van der Waals surface area contributed by atoms with E-state index >= 15 is 0 Å². The Morgan fingerprint density at radius 2 is 1.75 bits per heavy atom. The van der Waals surface area contributed by atoms with Gasteiger partial charge in [-0.1, -0.05) is 34.1 Å². The fourth-order valence-corrected chi connectivity index (χ4v) is 1.17. The van der Waals surface area contributed by atoms with Gasteiger partial charge in [0.25, 0.3) is 0 Å². The predicted octanol–water partition coefficient (Wildman–Crippen LogP) is 2.17. The summed E-state index contributed by atoms with van der Waals surface area (Å²) in [6, 6.07) is 0.278. The number of rotatable bonds is 5. The lowest BCUT2D eigenvalue weighted by Gasteiger charge is -2.19. The number of likely N-dealkylation sites (N-methyl/N-ethyl adjacent to an activating group) is 1. The van der Waals surface area contributed by atoms with E-state index in [1.165, 1.54) is 0 Å². The van der Waals surface area contributed by atoms with Crippen LogP contribution in [-0.2, 0) is 0 Å². The molecule has 0 aliphatic rings. The summed E-state index contributed by atoms with van der Waals surface area (Å²) in [7, 11) is 1.90. The third kappa shape index (κ3) is 6.62. The topological polar surface area (TPSA) is 32.3 Å². The second-order valence-corrected chi connectivity index (χ2v) is 2.66. The molecular formula is C10H25NO. The summed E-state index contributed by atoms with van der Waals surface area (Å²) in [4.78, 5) is 0. The Kier molecular flexibility index (Phi) is 13.1. The molecule has 2 nitrogen and oxygen atoms in total. The lowest BCUT2D eigenvalue weighted by Crippen LogP contribution is -2.36. The van der Waals surface area contributed by atoms with Crippen molar-refractivity contribution in [1.82, 2.24) is 5.32 Å². The van der Waals surface area contributed by atoms with Crippen molar-refractivity contribution in [2.24, 2.45) is 0 Å². The van der Waals surface area contributed by atoms with E-state index in [9.17, 15) is 5.11 Å². The van der Waals surface area contributed by atoms with Gasteiger partial charge in [-0.05, 0) is 19.9 Å². The second kappa shape index (κ2) is 10.9. The van der Waals surface area contributed by atoms with Crippen LogP contribution < -0.4 is 5.32 Å².